The van der Waals surface area contributed by atoms with Gasteiger partial charge >= 0.3 is 0 Å². The summed E-state index contributed by atoms with van der Waals surface area (Å²) in [6, 6.07) is 0.768. The number of hydrazine groups is 1. The van der Waals surface area contributed by atoms with E-state index >= 15 is 0 Å². The zero-order valence-corrected chi connectivity index (χ0v) is 8.98. The molecule has 5 heteroatoms. The van der Waals surface area contributed by atoms with E-state index in [9.17, 15) is 0 Å². The minimum Gasteiger partial charge on any atom is -0.307 e. The Bertz CT molecular complexity index is 306. The van der Waals surface area contributed by atoms with Gasteiger partial charge in [0.15, 0.2) is 5.82 Å². The lowest BCUT2D eigenvalue weighted by Crippen LogP contribution is -2.25. The summed E-state index contributed by atoms with van der Waals surface area (Å²) in [5.74, 6) is 5.83. The Hall–Kier alpha value is -1.20. The molecule has 0 bridgehead atoms. The van der Waals surface area contributed by atoms with Gasteiger partial charge in [-0.15, -0.1) is 0 Å². The largest absolute Gasteiger partial charge is 0.307 e. The highest BCUT2D eigenvalue weighted by Gasteiger charge is 2.27. The lowest BCUT2D eigenvalue weighted by atomic mass is 10.3. The van der Waals surface area contributed by atoms with Crippen molar-refractivity contribution >= 4 is 5.82 Å². The Morgan fingerprint density at radius 3 is 2.73 bits per heavy atom. The average Bonchev–Trinajstić information content (AvgIpc) is 3.10. The summed E-state index contributed by atoms with van der Waals surface area (Å²) in [7, 11) is 0. The molecule has 1 aromatic rings. The Balaban J connectivity index is 1.96. The van der Waals surface area contributed by atoms with Gasteiger partial charge in [0.05, 0.1) is 18.1 Å². The number of aromatic nitrogens is 2. The smallest absolute Gasteiger partial charge is 0.158 e. The van der Waals surface area contributed by atoms with Crippen molar-refractivity contribution < 1.29 is 0 Å². The monoisotopic (exact) mass is 207 g/mol. The fraction of sp³-hybridized carbons (Fsp3) is 0.600. The van der Waals surface area contributed by atoms with E-state index in [-0.39, 0.29) is 0 Å². The minimum atomic E-state index is 0.605. The van der Waals surface area contributed by atoms with Gasteiger partial charge in [-0.25, -0.2) is 10.8 Å². The molecule has 0 amide bonds. The highest BCUT2D eigenvalue weighted by atomic mass is 15.3. The van der Waals surface area contributed by atoms with Gasteiger partial charge in [0.25, 0.3) is 0 Å². The molecule has 0 saturated heterocycles. The molecule has 3 N–H and O–H groups in total. The molecule has 1 aliphatic carbocycles. The topological polar surface area (TPSA) is 67.1 Å². The summed E-state index contributed by atoms with van der Waals surface area (Å²) in [5.41, 5.74) is 3.47. The van der Waals surface area contributed by atoms with Crippen LogP contribution in [0.4, 0.5) is 5.82 Å². The molecule has 5 nitrogen and oxygen atoms in total. The molecule has 1 heterocycles. The van der Waals surface area contributed by atoms with Crippen molar-refractivity contribution in [2.24, 2.45) is 5.84 Å². The Morgan fingerprint density at radius 1 is 1.47 bits per heavy atom. The molecule has 1 aliphatic rings. The lowest BCUT2D eigenvalue weighted by Gasteiger charge is -2.18. The van der Waals surface area contributed by atoms with E-state index in [1.54, 1.807) is 12.4 Å². The molecule has 1 fully saturated rings. The van der Waals surface area contributed by atoms with Crippen molar-refractivity contribution in [3.8, 4) is 0 Å². The normalized spacial score (nSPS) is 15.7. The Morgan fingerprint density at radius 2 is 2.27 bits per heavy atom. The summed E-state index contributed by atoms with van der Waals surface area (Å²) in [6.45, 7) is 4.14. The van der Waals surface area contributed by atoms with Crippen molar-refractivity contribution in [1.29, 1.82) is 0 Å². The maximum Gasteiger partial charge on any atom is 0.158 e. The first-order valence-electron chi connectivity index (χ1n) is 5.35. The van der Waals surface area contributed by atoms with Crippen molar-refractivity contribution in [2.75, 3.05) is 12.0 Å². The Labute approximate surface area is 89.7 Å². The SMILES string of the molecule is CCN(Cc1cnc(NN)cn1)C1CC1. The van der Waals surface area contributed by atoms with E-state index in [0.717, 1.165) is 24.8 Å². The second-order valence-electron chi connectivity index (χ2n) is 3.83. The molecule has 0 unspecified atom stereocenters. The number of anilines is 1. The third-order valence-corrected chi connectivity index (χ3v) is 2.69. The van der Waals surface area contributed by atoms with Crippen LogP contribution in [0.3, 0.4) is 0 Å². The molecule has 1 aromatic heterocycles. The first kappa shape index (κ1) is 10.3. The molecule has 0 spiro atoms. The quantitative estimate of drug-likeness (QED) is 0.551. The van der Waals surface area contributed by atoms with Gasteiger partial charge in [-0.3, -0.25) is 9.88 Å². The van der Waals surface area contributed by atoms with Gasteiger partial charge in [0, 0.05) is 12.6 Å². The van der Waals surface area contributed by atoms with E-state index < -0.39 is 0 Å². The number of nitrogens with one attached hydrogen (secondary N) is 1. The summed E-state index contributed by atoms with van der Waals surface area (Å²) in [5, 5.41) is 0. The maximum atomic E-state index is 5.22. The summed E-state index contributed by atoms with van der Waals surface area (Å²) in [4.78, 5) is 10.9. The highest BCUT2D eigenvalue weighted by molar-refractivity contribution is 5.28. The van der Waals surface area contributed by atoms with Crippen molar-refractivity contribution in [3.05, 3.63) is 18.1 Å². The number of nitrogen functional groups attached to an aromatic ring is 1. The fourth-order valence-electron chi connectivity index (χ4n) is 1.66. The van der Waals surface area contributed by atoms with Crippen LogP contribution in [-0.2, 0) is 6.54 Å². The first-order valence-corrected chi connectivity index (χ1v) is 5.35. The van der Waals surface area contributed by atoms with Crippen molar-refractivity contribution in [3.63, 3.8) is 0 Å². The van der Waals surface area contributed by atoms with Gasteiger partial charge in [-0.1, -0.05) is 6.92 Å². The van der Waals surface area contributed by atoms with Crippen molar-refractivity contribution in [2.45, 2.75) is 32.4 Å². The predicted molar refractivity (Wildman–Crippen MR) is 58.9 cm³/mol. The first-order chi connectivity index (χ1) is 7.33. The standard InChI is InChI=1S/C10H17N5/c1-2-15(9-3-4-9)7-8-5-13-10(14-11)6-12-8/h5-6,9H,2-4,7,11H2,1H3,(H,13,14). The predicted octanol–water partition coefficient (Wildman–Crippen LogP) is 0.746. The van der Waals surface area contributed by atoms with Crippen LogP contribution in [0.5, 0.6) is 0 Å². The molecule has 82 valence electrons. The van der Waals surface area contributed by atoms with Crippen LogP contribution in [-0.4, -0.2) is 27.5 Å². The molecule has 0 aromatic carbocycles. The third kappa shape index (κ3) is 2.64. The molecule has 2 rings (SSSR count). The number of nitrogens with two attached hydrogens (primary N) is 1. The summed E-state index contributed by atoms with van der Waals surface area (Å²) >= 11 is 0. The number of nitrogens with zero attached hydrogens (tertiary/aromatic N) is 3. The highest BCUT2D eigenvalue weighted by Crippen LogP contribution is 2.27. The zero-order chi connectivity index (χ0) is 10.7. The van der Waals surface area contributed by atoms with E-state index in [0.29, 0.717) is 5.82 Å². The van der Waals surface area contributed by atoms with Gasteiger partial charge < -0.3 is 5.43 Å². The second-order valence-corrected chi connectivity index (χ2v) is 3.83. The van der Waals surface area contributed by atoms with Crippen LogP contribution in [0.15, 0.2) is 12.4 Å². The zero-order valence-electron chi connectivity index (χ0n) is 8.98. The molecular formula is C10H17N5. The Kier molecular flexibility index (Phi) is 3.13. The van der Waals surface area contributed by atoms with Crippen LogP contribution in [0, 0.1) is 0 Å². The van der Waals surface area contributed by atoms with E-state index in [2.05, 4.69) is 27.2 Å². The van der Waals surface area contributed by atoms with Crippen LogP contribution in [0.1, 0.15) is 25.5 Å². The van der Waals surface area contributed by atoms with Crippen molar-refractivity contribution in [1.82, 2.24) is 14.9 Å². The van der Waals surface area contributed by atoms with Gasteiger partial charge in [0.2, 0.25) is 0 Å². The van der Waals surface area contributed by atoms with E-state index in [4.69, 9.17) is 5.84 Å². The summed E-state index contributed by atoms with van der Waals surface area (Å²) < 4.78 is 0. The fourth-order valence-corrected chi connectivity index (χ4v) is 1.66. The van der Waals surface area contributed by atoms with E-state index in [1.807, 2.05) is 0 Å². The number of hydrogen-bond acceptors (Lipinski definition) is 5. The molecule has 0 aliphatic heterocycles. The number of rotatable bonds is 5. The molecule has 0 radical (unpaired) electrons. The van der Waals surface area contributed by atoms with Gasteiger partial charge in [0.1, 0.15) is 0 Å². The van der Waals surface area contributed by atoms with Crippen LogP contribution < -0.4 is 11.3 Å². The van der Waals surface area contributed by atoms with Crippen LogP contribution >= 0.6 is 0 Å². The third-order valence-electron chi connectivity index (χ3n) is 2.69. The number of hydrogen-bond donors (Lipinski definition) is 2. The molecule has 15 heavy (non-hydrogen) atoms. The lowest BCUT2D eigenvalue weighted by molar-refractivity contribution is 0.266. The summed E-state index contributed by atoms with van der Waals surface area (Å²) in [6.07, 6.45) is 6.09. The molecular weight excluding hydrogens is 190 g/mol. The molecule has 1 saturated carbocycles. The molecule has 0 atom stereocenters. The maximum absolute atomic E-state index is 5.22. The van der Waals surface area contributed by atoms with Gasteiger partial charge in [-0.2, -0.15) is 0 Å². The van der Waals surface area contributed by atoms with Crippen LogP contribution in [0.2, 0.25) is 0 Å². The average molecular weight is 207 g/mol. The van der Waals surface area contributed by atoms with Gasteiger partial charge in [-0.05, 0) is 19.4 Å². The minimum absolute atomic E-state index is 0.605. The van der Waals surface area contributed by atoms with E-state index in [1.165, 1.54) is 12.8 Å². The second kappa shape index (κ2) is 4.55. The van der Waals surface area contributed by atoms with Crippen LogP contribution in [0.25, 0.3) is 0 Å².